The van der Waals surface area contributed by atoms with Gasteiger partial charge in [0.15, 0.2) is 12.4 Å². The van der Waals surface area contributed by atoms with Gasteiger partial charge in [-0.3, -0.25) is 9.59 Å². The highest BCUT2D eigenvalue weighted by atomic mass is 32.2. The number of carbonyl (C=O) groups excluding carboxylic acids is 2. The fraction of sp³-hybridized carbons (Fsp3) is 0.200. The number of nitrogens with zero attached hydrogens (tertiary/aromatic N) is 1. The van der Waals surface area contributed by atoms with Crippen molar-refractivity contribution in [2.24, 2.45) is 0 Å². The summed E-state index contributed by atoms with van der Waals surface area (Å²) in [5.74, 6) is -0.770. The predicted molar refractivity (Wildman–Crippen MR) is 127 cm³/mol. The van der Waals surface area contributed by atoms with E-state index in [0.29, 0.717) is 22.6 Å². The molecular formula is C25H25FN2O5S. The Labute approximate surface area is 198 Å². The maximum Gasteiger partial charge on any atom is 0.262 e. The van der Waals surface area contributed by atoms with Crippen molar-refractivity contribution in [2.45, 2.75) is 18.7 Å². The van der Waals surface area contributed by atoms with Crippen molar-refractivity contribution in [3.63, 3.8) is 0 Å². The minimum absolute atomic E-state index is 0.0817. The molecule has 0 bridgehead atoms. The van der Waals surface area contributed by atoms with E-state index in [1.54, 1.807) is 44.2 Å². The number of halogens is 1. The Morgan fingerprint density at radius 3 is 2.06 bits per heavy atom. The quantitative estimate of drug-likeness (QED) is 0.489. The molecule has 0 aromatic heterocycles. The van der Waals surface area contributed by atoms with Gasteiger partial charge < -0.3 is 10.1 Å². The molecule has 3 rings (SSSR count). The van der Waals surface area contributed by atoms with Crippen LogP contribution < -0.4 is 10.1 Å². The highest BCUT2D eigenvalue weighted by Crippen LogP contribution is 2.25. The van der Waals surface area contributed by atoms with E-state index in [0.717, 1.165) is 15.4 Å². The minimum Gasteiger partial charge on any atom is -0.484 e. The lowest BCUT2D eigenvalue weighted by molar-refractivity contribution is -0.118. The van der Waals surface area contributed by atoms with E-state index in [-0.39, 0.29) is 17.3 Å². The molecule has 0 atom stereocenters. The smallest absolute Gasteiger partial charge is 0.262 e. The first kappa shape index (κ1) is 25.1. The van der Waals surface area contributed by atoms with E-state index < -0.39 is 21.7 Å². The molecule has 0 aliphatic rings. The van der Waals surface area contributed by atoms with Crippen molar-refractivity contribution in [1.82, 2.24) is 4.31 Å². The van der Waals surface area contributed by atoms with Crippen molar-refractivity contribution in [1.29, 1.82) is 0 Å². The number of nitrogens with one attached hydrogen (secondary N) is 1. The van der Waals surface area contributed by atoms with Gasteiger partial charge in [-0.1, -0.05) is 0 Å². The summed E-state index contributed by atoms with van der Waals surface area (Å²) in [5, 5.41) is 2.70. The van der Waals surface area contributed by atoms with Crippen molar-refractivity contribution < 1.29 is 27.1 Å². The van der Waals surface area contributed by atoms with Gasteiger partial charge >= 0.3 is 0 Å². The molecule has 0 heterocycles. The topological polar surface area (TPSA) is 92.8 Å². The van der Waals surface area contributed by atoms with Crippen LogP contribution in [0.2, 0.25) is 0 Å². The van der Waals surface area contributed by atoms with E-state index in [1.165, 1.54) is 44.4 Å². The zero-order chi connectivity index (χ0) is 25.0. The van der Waals surface area contributed by atoms with Gasteiger partial charge in [-0.05, 0) is 85.6 Å². The number of benzene rings is 3. The van der Waals surface area contributed by atoms with Gasteiger partial charge in [-0.25, -0.2) is 17.1 Å². The Morgan fingerprint density at radius 2 is 1.50 bits per heavy atom. The summed E-state index contributed by atoms with van der Waals surface area (Å²) in [4.78, 5) is 25.0. The van der Waals surface area contributed by atoms with Crippen LogP contribution in [0.15, 0.2) is 65.6 Å². The molecule has 9 heteroatoms. The first-order valence-electron chi connectivity index (χ1n) is 10.4. The molecule has 0 spiro atoms. The molecule has 1 amide bonds. The van der Waals surface area contributed by atoms with Gasteiger partial charge in [0.1, 0.15) is 11.6 Å². The van der Waals surface area contributed by atoms with Gasteiger partial charge in [-0.15, -0.1) is 0 Å². The normalized spacial score (nSPS) is 11.4. The first-order valence-corrected chi connectivity index (χ1v) is 11.8. The molecule has 0 radical (unpaired) electrons. The van der Waals surface area contributed by atoms with Crippen LogP contribution >= 0.6 is 0 Å². The highest BCUT2D eigenvalue weighted by Gasteiger charge is 2.20. The largest absolute Gasteiger partial charge is 0.484 e. The van der Waals surface area contributed by atoms with Crippen LogP contribution in [0.25, 0.3) is 0 Å². The maximum absolute atomic E-state index is 13.0. The molecule has 0 aliphatic carbocycles. The second-order valence-electron chi connectivity index (χ2n) is 7.90. The first-order chi connectivity index (χ1) is 16.0. The fourth-order valence-corrected chi connectivity index (χ4v) is 4.14. The number of anilines is 1. The number of amides is 1. The van der Waals surface area contributed by atoms with Gasteiger partial charge in [-0.2, -0.15) is 0 Å². The predicted octanol–water partition coefficient (Wildman–Crippen LogP) is 3.94. The summed E-state index contributed by atoms with van der Waals surface area (Å²) in [6.07, 6.45) is 0. The van der Waals surface area contributed by atoms with Gasteiger partial charge in [0, 0.05) is 30.9 Å². The summed E-state index contributed by atoms with van der Waals surface area (Å²) in [6, 6.07) is 14.5. The molecule has 178 valence electrons. The lowest BCUT2D eigenvalue weighted by Crippen LogP contribution is -2.24. The highest BCUT2D eigenvalue weighted by molar-refractivity contribution is 7.89. The van der Waals surface area contributed by atoms with Crippen molar-refractivity contribution >= 4 is 27.4 Å². The van der Waals surface area contributed by atoms with E-state index >= 15 is 0 Å². The summed E-state index contributed by atoms with van der Waals surface area (Å²) >= 11 is 0. The minimum atomic E-state index is -3.66. The number of aryl methyl sites for hydroxylation is 1. The standard InChI is InChI=1S/C25H25FN2O5S/c1-16-13-22(34(31,32)28(3)4)14-23(17(16)2)27-24(29)15-33-21-11-7-19(8-12-21)25(30)18-5-9-20(26)10-6-18/h5-14H,15H2,1-4H3,(H,27,29). The third kappa shape index (κ3) is 5.67. The van der Waals surface area contributed by atoms with Crippen LogP contribution in [0.3, 0.4) is 0 Å². The third-order valence-electron chi connectivity index (χ3n) is 5.29. The summed E-state index contributed by atoms with van der Waals surface area (Å²) < 4.78 is 44.6. The van der Waals surface area contributed by atoms with Gasteiger partial charge in [0.25, 0.3) is 5.91 Å². The third-order valence-corrected chi connectivity index (χ3v) is 7.08. The van der Waals surface area contributed by atoms with Crippen LogP contribution in [0, 0.1) is 19.7 Å². The fourth-order valence-electron chi connectivity index (χ4n) is 3.12. The van der Waals surface area contributed by atoms with E-state index in [9.17, 15) is 22.4 Å². The van der Waals surface area contributed by atoms with Crippen LogP contribution in [0.1, 0.15) is 27.0 Å². The van der Waals surface area contributed by atoms with E-state index in [4.69, 9.17) is 4.74 Å². The monoisotopic (exact) mass is 484 g/mol. The van der Waals surface area contributed by atoms with Crippen LogP contribution in [-0.2, 0) is 14.8 Å². The van der Waals surface area contributed by atoms with Crippen LogP contribution in [0.5, 0.6) is 5.75 Å². The number of ketones is 1. The molecule has 0 saturated carbocycles. The number of hydrogen-bond acceptors (Lipinski definition) is 5. The Kier molecular flexibility index (Phi) is 7.48. The number of carbonyl (C=O) groups is 2. The second-order valence-corrected chi connectivity index (χ2v) is 10.0. The molecule has 34 heavy (non-hydrogen) atoms. The number of ether oxygens (including phenoxy) is 1. The molecule has 7 nitrogen and oxygen atoms in total. The molecule has 1 N–H and O–H groups in total. The van der Waals surface area contributed by atoms with Gasteiger partial charge in [0.05, 0.1) is 4.90 Å². The Balaban J connectivity index is 1.66. The van der Waals surface area contributed by atoms with Crippen LogP contribution in [-0.4, -0.2) is 45.1 Å². The van der Waals surface area contributed by atoms with E-state index in [1.807, 2.05) is 0 Å². The van der Waals surface area contributed by atoms with Crippen LogP contribution in [0.4, 0.5) is 10.1 Å². The van der Waals surface area contributed by atoms with Crippen molar-refractivity contribution in [2.75, 3.05) is 26.0 Å². The molecule has 3 aromatic carbocycles. The van der Waals surface area contributed by atoms with E-state index in [2.05, 4.69) is 5.32 Å². The zero-order valence-electron chi connectivity index (χ0n) is 19.3. The zero-order valence-corrected chi connectivity index (χ0v) is 20.1. The second kappa shape index (κ2) is 10.1. The molecule has 0 saturated heterocycles. The lowest BCUT2D eigenvalue weighted by Gasteiger charge is -2.16. The molecule has 0 aliphatic heterocycles. The average Bonchev–Trinajstić information content (AvgIpc) is 2.80. The number of hydrogen-bond donors (Lipinski definition) is 1. The van der Waals surface area contributed by atoms with Crippen molar-refractivity contribution in [3.8, 4) is 5.75 Å². The molecule has 3 aromatic rings. The maximum atomic E-state index is 13.0. The molecule has 0 unspecified atom stereocenters. The lowest BCUT2D eigenvalue weighted by atomic mass is 10.0. The van der Waals surface area contributed by atoms with Gasteiger partial charge in [0.2, 0.25) is 10.0 Å². The summed E-state index contributed by atoms with van der Waals surface area (Å²) in [6.45, 7) is 3.24. The SMILES string of the molecule is Cc1cc(S(=O)(=O)N(C)C)cc(NC(=O)COc2ccc(C(=O)c3ccc(F)cc3)cc2)c1C. The Bertz CT molecular complexity index is 1320. The number of sulfonamides is 1. The molecular weight excluding hydrogens is 459 g/mol. The molecule has 0 fully saturated rings. The Morgan fingerprint density at radius 1 is 0.941 bits per heavy atom. The summed E-state index contributed by atoms with van der Waals surface area (Å²) in [5.41, 5.74) is 2.61. The average molecular weight is 485 g/mol. The Hall–Kier alpha value is -3.56. The van der Waals surface area contributed by atoms with Crippen molar-refractivity contribution in [3.05, 3.63) is 88.7 Å². The summed E-state index contributed by atoms with van der Waals surface area (Å²) in [7, 11) is -0.779. The number of rotatable bonds is 8.